The molecule has 1 heterocycles. The van der Waals surface area contributed by atoms with Crippen molar-refractivity contribution in [1.29, 1.82) is 10.5 Å². The molecule has 1 aromatic carbocycles. The summed E-state index contributed by atoms with van der Waals surface area (Å²) in [5, 5.41) is 20.3. The van der Waals surface area contributed by atoms with Crippen molar-refractivity contribution in [3.8, 4) is 12.1 Å². The number of carbonyl (C=O) groups excluding carboxylic acids is 1. The fraction of sp³-hybridized carbons (Fsp3) is 0.522. The fourth-order valence-electron chi connectivity index (χ4n) is 7.08. The molecule has 0 radical (unpaired) electrons. The van der Waals surface area contributed by atoms with Gasteiger partial charge in [0.25, 0.3) is 0 Å². The van der Waals surface area contributed by atoms with Gasteiger partial charge in [-0.2, -0.15) is 10.5 Å². The summed E-state index contributed by atoms with van der Waals surface area (Å²) in [6, 6.07) is 13.7. The second-order valence-corrected chi connectivity index (χ2v) is 9.55. The van der Waals surface area contributed by atoms with Gasteiger partial charge in [0.15, 0.2) is 0 Å². The summed E-state index contributed by atoms with van der Waals surface area (Å²) < 4.78 is 0. The first-order chi connectivity index (χ1) is 13.6. The Hall–Kier alpha value is -2.30. The molecule has 142 valence electrons. The van der Waals surface area contributed by atoms with Crippen LogP contribution < -0.4 is 4.90 Å². The third-order valence-electron chi connectivity index (χ3n) is 7.57. The highest BCUT2D eigenvalue weighted by molar-refractivity contribution is 6.35. The van der Waals surface area contributed by atoms with E-state index in [1.54, 1.807) is 12.1 Å². The van der Waals surface area contributed by atoms with Crippen LogP contribution in [0.15, 0.2) is 41.1 Å². The van der Waals surface area contributed by atoms with Crippen LogP contribution in [0.4, 0.5) is 5.69 Å². The molecule has 1 aliphatic heterocycles. The highest BCUT2D eigenvalue weighted by Gasteiger charge is 2.60. The Morgan fingerprint density at radius 1 is 1.00 bits per heavy atom. The van der Waals surface area contributed by atoms with Gasteiger partial charge < -0.3 is 0 Å². The molecule has 4 nitrogen and oxygen atoms in total. The Kier molecular flexibility index (Phi) is 4.04. The van der Waals surface area contributed by atoms with E-state index in [1.807, 2.05) is 18.2 Å². The molecule has 28 heavy (non-hydrogen) atoms. The van der Waals surface area contributed by atoms with Gasteiger partial charge in [-0.05, 0) is 73.8 Å². The normalized spacial score (nSPS) is 39.0. The molecule has 1 amide bonds. The summed E-state index contributed by atoms with van der Waals surface area (Å²) in [6.45, 7) is 0. The predicted molar refractivity (Wildman–Crippen MR) is 106 cm³/mol. The van der Waals surface area contributed by atoms with E-state index in [4.69, 9.17) is 11.6 Å². The van der Waals surface area contributed by atoms with Gasteiger partial charge in [-0.3, -0.25) is 9.69 Å². The molecule has 0 spiro atoms. The highest BCUT2D eigenvalue weighted by Crippen LogP contribution is 2.65. The molecule has 0 unspecified atom stereocenters. The topological polar surface area (TPSA) is 67.9 Å². The van der Waals surface area contributed by atoms with Crippen LogP contribution in [-0.2, 0) is 4.79 Å². The lowest BCUT2D eigenvalue weighted by Crippen LogP contribution is -2.55. The number of hydrogen-bond donors (Lipinski definition) is 0. The third kappa shape index (κ3) is 2.44. The molecule has 1 aromatic rings. The summed E-state index contributed by atoms with van der Waals surface area (Å²) in [5.41, 5.74) is 0.909. The van der Waals surface area contributed by atoms with Gasteiger partial charge in [0, 0.05) is 11.6 Å². The smallest absolute Gasteiger partial charge is 0.250 e. The van der Waals surface area contributed by atoms with Crippen LogP contribution in [-0.4, -0.2) is 5.91 Å². The van der Waals surface area contributed by atoms with Crippen LogP contribution in [0.3, 0.4) is 0 Å². The minimum absolute atomic E-state index is 0.126. The molecule has 4 aliphatic carbocycles. The summed E-state index contributed by atoms with van der Waals surface area (Å²) >= 11 is 6.69. The SMILES string of the molecule is N#CC1=C(Cl)N(c2ccccc2)C(=O)[C@@H](C#N)[C@H]1C12CC3CC(CC(C3)C1)C2. The fourth-order valence-corrected chi connectivity index (χ4v) is 7.42. The standard InChI is InChI=1S/C23H22ClN3O/c24-21-18(12-25)20(23-9-14-6-15(10-23)8-16(7-14)11-23)19(13-26)22(28)27(21)17-4-2-1-3-5-17/h1-5,14-16,19-20H,6-11H2/t14?,15?,16?,19-,20-,23?/m0/s1. The molecular formula is C23H22ClN3O. The molecule has 0 N–H and O–H groups in total. The second kappa shape index (κ2) is 6.36. The number of anilines is 1. The first-order valence-corrected chi connectivity index (χ1v) is 10.5. The van der Waals surface area contributed by atoms with Crippen molar-refractivity contribution in [2.45, 2.75) is 38.5 Å². The molecule has 4 bridgehead atoms. The molecule has 4 saturated carbocycles. The van der Waals surface area contributed by atoms with E-state index in [-0.39, 0.29) is 22.4 Å². The lowest BCUT2D eigenvalue weighted by molar-refractivity contribution is -0.129. The maximum Gasteiger partial charge on any atom is 0.250 e. The van der Waals surface area contributed by atoms with Crippen molar-refractivity contribution in [3.63, 3.8) is 0 Å². The number of nitriles is 2. The zero-order valence-electron chi connectivity index (χ0n) is 15.6. The molecule has 0 aromatic heterocycles. The number of halogens is 1. The number of hydrogen-bond acceptors (Lipinski definition) is 3. The van der Waals surface area contributed by atoms with E-state index >= 15 is 0 Å². The summed E-state index contributed by atoms with van der Waals surface area (Å²) in [4.78, 5) is 14.8. The van der Waals surface area contributed by atoms with Crippen LogP contribution in [0.2, 0.25) is 0 Å². The van der Waals surface area contributed by atoms with E-state index in [1.165, 1.54) is 24.2 Å². The van der Waals surface area contributed by atoms with Crippen molar-refractivity contribution in [2.24, 2.45) is 35.0 Å². The van der Waals surface area contributed by atoms with Crippen LogP contribution in [0, 0.1) is 57.7 Å². The van der Waals surface area contributed by atoms with Gasteiger partial charge in [0.2, 0.25) is 5.91 Å². The Morgan fingerprint density at radius 2 is 1.57 bits per heavy atom. The number of para-hydroxylation sites is 1. The quantitative estimate of drug-likeness (QED) is 0.667. The molecule has 4 fully saturated rings. The van der Waals surface area contributed by atoms with Crippen molar-refractivity contribution in [3.05, 3.63) is 41.1 Å². The average Bonchev–Trinajstić information content (AvgIpc) is 2.67. The number of benzene rings is 1. The van der Waals surface area contributed by atoms with E-state index in [0.717, 1.165) is 19.3 Å². The molecule has 5 aliphatic rings. The third-order valence-corrected chi connectivity index (χ3v) is 7.94. The van der Waals surface area contributed by atoms with E-state index < -0.39 is 5.92 Å². The number of rotatable bonds is 2. The number of allylic oxidation sites excluding steroid dienone is 1. The zero-order valence-corrected chi connectivity index (χ0v) is 16.4. The minimum atomic E-state index is -0.853. The van der Waals surface area contributed by atoms with Gasteiger partial charge in [0.1, 0.15) is 11.1 Å². The predicted octanol–water partition coefficient (Wildman–Crippen LogP) is 4.98. The Bertz CT molecular complexity index is 904. The summed E-state index contributed by atoms with van der Waals surface area (Å²) in [5.74, 6) is 0.493. The summed E-state index contributed by atoms with van der Waals surface area (Å²) in [7, 11) is 0. The first-order valence-electron chi connectivity index (χ1n) is 10.1. The number of nitrogens with zero attached hydrogens (tertiary/aromatic N) is 3. The van der Waals surface area contributed by atoms with Crippen LogP contribution >= 0.6 is 11.6 Å². The molecule has 5 heteroatoms. The van der Waals surface area contributed by atoms with Gasteiger partial charge in [-0.15, -0.1) is 0 Å². The molecular weight excluding hydrogens is 370 g/mol. The van der Waals surface area contributed by atoms with Gasteiger partial charge in [0.05, 0.1) is 17.7 Å². The number of carbonyl (C=O) groups is 1. The van der Waals surface area contributed by atoms with Crippen molar-refractivity contribution < 1.29 is 4.79 Å². The molecule has 6 rings (SSSR count). The average molecular weight is 392 g/mol. The van der Waals surface area contributed by atoms with Crippen LogP contribution in [0.1, 0.15) is 38.5 Å². The summed E-state index contributed by atoms with van der Waals surface area (Å²) in [6.07, 6.45) is 6.88. The monoisotopic (exact) mass is 391 g/mol. The van der Waals surface area contributed by atoms with E-state index in [9.17, 15) is 15.3 Å². The minimum Gasteiger partial charge on any atom is -0.273 e. The van der Waals surface area contributed by atoms with Crippen molar-refractivity contribution >= 4 is 23.2 Å². The lowest BCUT2D eigenvalue weighted by atomic mass is 9.44. The van der Waals surface area contributed by atoms with Crippen molar-refractivity contribution in [1.82, 2.24) is 0 Å². The maximum absolute atomic E-state index is 13.4. The van der Waals surface area contributed by atoms with Crippen molar-refractivity contribution in [2.75, 3.05) is 4.90 Å². The second-order valence-electron chi connectivity index (χ2n) is 9.19. The largest absolute Gasteiger partial charge is 0.273 e. The number of amides is 1. The Morgan fingerprint density at radius 3 is 2.07 bits per heavy atom. The van der Waals surface area contributed by atoms with E-state index in [0.29, 0.717) is 29.0 Å². The lowest BCUT2D eigenvalue weighted by Gasteiger charge is -2.60. The Balaban J connectivity index is 1.64. The van der Waals surface area contributed by atoms with Gasteiger partial charge >= 0.3 is 0 Å². The van der Waals surface area contributed by atoms with Gasteiger partial charge in [-0.25, -0.2) is 0 Å². The van der Waals surface area contributed by atoms with E-state index in [2.05, 4.69) is 12.1 Å². The van der Waals surface area contributed by atoms with Gasteiger partial charge in [-0.1, -0.05) is 29.8 Å². The maximum atomic E-state index is 13.4. The van der Waals surface area contributed by atoms with Crippen LogP contribution in [0.25, 0.3) is 0 Å². The zero-order chi connectivity index (χ0) is 19.5. The first kappa shape index (κ1) is 17.8. The molecule has 0 saturated heterocycles. The van der Waals surface area contributed by atoms with Crippen LogP contribution in [0.5, 0.6) is 0 Å². The molecule has 2 atom stereocenters. The highest BCUT2D eigenvalue weighted by atomic mass is 35.5. The Labute approximate surface area is 170 Å².